The lowest BCUT2D eigenvalue weighted by Gasteiger charge is -2.25. The van der Waals surface area contributed by atoms with Crippen molar-refractivity contribution in [2.45, 2.75) is 26.2 Å². The number of aryl methyl sites for hydroxylation is 1. The monoisotopic (exact) mass is 294 g/mol. The van der Waals surface area contributed by atoms with Crippen molar-refractivity contribution in [1.82, 2.24) is 0 Å². The third-order valence-corrected chi connectivity index (χ3v) is 4.00. The smallest absolute Gasteiger partial charge is 0.160 e. The second-order valence-electron chi connectivity index (χ2n) is 5.60. The van der Waals surface area contributed by atoms with E-state index in [2.05, 4.69) is 0 Å². The zero-order chi connectivity index (χ0) is 15.7. The van der Waals surface area contributed by atoms with Crippen LogP contribution in [0.4, 0.5) is 0 Å². The molecule has 0 bridgehead atoms. The Morgan fingerprint density at radius 3 is 2.50 bits per heavy atom. The third-order valence-electron chi connectivity index (χ3n) is 4.00. The van der Waals surface area contributed by atoms with Gasteiger partial charge in [-0.25, -0.2) is 0 Å². The van der Waals surface area contributed by atoms with Crippen molar-refractivity contribution in [3.05, 3.63) is 77.0 Å². The van der Waals surface area contributed by atoms with Crippen LogP contribution in [0.15, 0.2) is 64.3 Å². The number of carbonyl (C=O) groups is 1. The first-order valence-corrected chi connectivity index (χ1v) is 7.32. The SMILES string of the molecule is CC(=O)C1=C(O)C=C(c2ccc(C)o2)CC1c1ccccc1. The summed E-state index contributed by atoms with van der Waals surface area (Å²) in [6.45, 7) is 3.38. The Hall–Kier alpha value is -2.55. The number of carbonyl (C=O) groups excluding carboxylic acids is 1. The number of benzene rings is 1. The maximum absolute atomic E-state index is 12.0. The van der Waals surface area contributed by atoms with Gasteiger partial charge in [-0.2, -0.15) is 0 Å². The Morgan fingerprint density at radius 2 is 1.91 bits per heavy atom. The molecule has 0 spiro atoms. The Bertz CT molecular complexity index is 763. The lowest BCUT2D eigenvalue weighted by atomic mass is 9.79. The first-order chi connectivity index (χ1) is 10.6. The van der Waals surface area contributed by atoms with Gasteiger partial charge in [0.05, 0.1) is 0 Å². The molecule has 1 aromatic heterocycles. The summed E-state index contributed by atoms with van der Waals surface area (Å²) < 4.78 is 5.66. The van der Waals surface area contributed by atoms with Crippen molar-refractivity contribution in [3.8, 4) is 0 Å². The predicted molar refractivity (Wildman–Crippen MR) is 85.6 cm³/mol. The van der Waals surface area contributed by atoms with Gasteiger partial charge in [-0.15, -0.1) is 0 Å². The van der Waals surface area contributed by atoms with Crippen LogP contribution < -0.4 is 0 Å². The molecule has 1 aromatic carbocycles. The molecule has 1 aliphatic carbocycles. The fourth-order valence-corrected chi connectivity index (χ4v) is 2.98. The highest BCUT2D eigenvalue weighted by Gasteiger charge is 2.29. The number of furan rings is 1. The Balaban J connectivity index is 2.08. The van der Waals surface area contributed by atoms with Crippen LogP contribution in [0, 0.1) is 6.92 Å². The van der Waals surface area contributed by atoms with Crippen LogP contribution >= 0.6 is 0 Å². The summed E-state index contributed by atoms with van der Waals surface area (Å²) in [5.41, 5.74) is 2.40. The van der Waals surface area contributed by atoms with Crippen LogP contribution in [0.5, 0.6) is 0 Å². The molecule has 0 saturated heterocycles. The minimum Gasteiger partial charge on any atom is -0.508 e. The Labute approximate surface area is 129 Å². The van der Waals surface area contributed by atoms with Crippen molar-refractivity contribution in [3.63, 3.8) is 0 Å². The maximum atomic E-state index is 12.0. The molecule has 0 aliphatic heterocycles. The molecule has 1 aliphatic rings. The summed E-state index contributed by atoms with van der Waals surface area (Å²) in [6, 6.07) is 13.6. The van der Waals surface area contributed by atoms with Crippen molar-refractivity contribution in [1.29, 1.82) is 0 Å². The normalized spacial score (nSPS) is 18.3. The summed E-state index contributed by atoms with van der Waals surface area (Å²) in [5, 5.41) is 10.4. The van der Waals surface area contributed by atoms with Gasteiger partial charge in [-0.1, -0.05) is 30.3 Å². The second-order valence-corrected chi connectivity index (χ2v) is 5.60. The van der Waals surface area contributed by atoms with Crippen LogP contribution in [-0.4, -0.2) is 10.9 Å². The minimum absolute atomic E-state index is 0.0386. The van der Waals surface area contributed by atoms with E-state index in [1.165, 1.54) is 6.92 Å². The van der Waals surface area contributed by atoms with E-state index in [0.29, 0.717) is 12.0 Å². The summed E-state index contributed by atoms with van der Waals surface area (Å²) in [5.74, 6) is 1.36. The van der Waals surface area contributed by atoms with Crippen molar-refractivity contribution in [2.75, 3.05) is 0 Å². The molecular weight excluding hydrogens is 276 g/mol. The van der Waals surface area contributed by atoms with Gasteiger partial charge in [-0.05, 0) is 49.6 Å². The molecule has 1 atom stereocenters. The molecular formula is C19H18O3. The lowest BCUT2D eigenvalue weighted by molar-refractivity contribution is -0.114. The number of aliphatic hydroxyl groups excluding tert-OH is 1. The highest BCUT2D eigenvalue weighted by atomic mass is 16.3. The van der Waals surface area contributed by atoms with E-state index in [0.717, 1.165) is 22.7 Å². The van der Waals surface area contributed by atoms with Crippen molar-refractivity contribution >= 4 is 11.4 Å². The highest BCUT2D eigenvalue weighted by Crippen LogP contribution is 2.40. The summed E-state index contributed by atoms with van der Waals surface area (Å²) in [4.78, 5) is 12.0. The van der Waals surface area contributed by atoms with Crippen molar-refractivity contribution in [2.24, 2.45) is 0 Å². The van der Waals surface area contributed by atoms with Gasteiger partial charge in [0.25, 0.3) is 0 Å². The van der Waals surface area contributed by atoms with E-state index in [9.17, 15) is 9.90 Å². The summed E-state index contributed by atoms with van der Waals surface area (Å²) in [7, 11) is 0. The first-order valence-electron chi connectivity index (χ1n) is 7.32. The van der Waals surface area contributed by atoms with E-state index < -0.39 is 0 Å². The molecule has 1 unspecified atom stereocenters. The maximum Gasteiger partial charge on any atom is 0.160 e. The number of ketones is 1. The molecule has 2 aromatic rings. The van der Waals surface area contributed by atoms with E-state index >= 15 is 0 Å². The van der Waals surface area contributed by atoms with E-state index in [-0.39, 0.29) is 17.5 Å². The fourth-order valence-electron chi connectivity index (χ4n) is 2.98. The fraction of sp³-hybridized carbons (Fsp3) is 0.211. The number of Topliss-reactive ketones (excluding diaryl/α,β-unsaturated/α-hetero) is 1. The minimum atomic E-state index is -0.149. The standard InChI is InChI=1S/C19H18O3/c1-12-8-9-18(22-12)15-10-16(14-6-4-3-5-7-14)19(13(2)20)17(21)11-15/h3-9,11,16,21H,10H2,1-2H3. The largest absolute Gasteiger partial charge is 0.508 e. The van der Waals surface area contributed by atoms with Gasteiger partial charge >= 0.3 is 0 Å². The molecule has 0 saturated carbocycles. The van der Waals surface area contributed by atoms with Gasteiger partial charge in [-0.3, -0.25) is 4.79 Å². The molecule has 1 heterocycles. The van der Waals surface area contributed by atoms with Crippen LogP contribution in [0.2, 0.25) is 0 Å². The molecule has 0 fully saturated rings. The van der Waals surface area contributed by atoms with Crippen LogP contribution in [-0.2, 0) is 4.79 Å². The van der Waals surface area contributed by atoms with Gasteiger partial charge in [0.2, 0.25) is 0 Å². The van der Waals surface area contributed by atoms with E-state index in [1.54, 1.807) is 6.08 Å². The molecule has 0 amide bonds. The van der Waals surface area contributed by atoms with E-state index in [1.807, 2.05) is 49.4 Å². The number of aliphatic hydroxyl groups is 1. The Kier molecular flexibility index (Phi) is 3.72. The number of allylic oxidation sites excluding steroid dienone is 3. The molecule has 22 heavy (non-hydrogen) atoms. The van der Waals surface area contributed by atoms with Crippen LogP contribution in [0.1, 0.15) is 36.3 Å². The Morgan fingerprint density at radius 1 is 1.18 bits per heavy atom. The van der Waals surface area contributed by atoms with E-state index in [4.69, 9.17) is 4.42 Å². The molecule has 3 rings (SSSR count). The van der Waals surface area contributed by atoms with Crippen LogP contribution in [0.3, 0.4) is 0 Å². The lowest BCUT2D eigenvalue weighted by Crippen LogP contribution is -2.16. The highest BCUT2D eigenvalue weighted by molar-refractivity contribution is 5.97. The molecule has 0 radical (unpaired) electrons. The topological polar surface area (TPSA) is 50.4 Å². The quantitative estimate of drug-likeness (QED) is 0.902. The molecule has 3 nitrogen and oxygen atoms in total. The van der Waals surface area contributed by atoms with Crippen molar-refractivity contribution < 1.29 is 14.3 Å². The molecule has 3 heteroatoms. The number of hydrogen-bond donors (Lipinski definition) is 1. The van der Waals surface area contributed by atoms with Gasteiger partial charge < -0.3 is 9.52 Å². The number of hydrogen-bond acceptors (Lipinski definition) is 3. The zero-order valence-electron chi connectivity index (χ0n) is 12.7. The summed E-state index contributed by atoms with van der Waals surface area (Å²) in [6.07, 6.45) is 2.28. The van der Waals surface area contributed by atoms with Crippen LogP contribution in [0.25, 0.3) is 5.57 Å². The second kappa shape index (κ2) is 5.68. The average Bonchev–Trinajstić information content (AvgIpc) is 2.93. The molecule has 1 N–H and O–H groups in total. The molecule has 112 valence electrons. The zero-order valence-corrected chi connectivity index (χ0v) is 12.7. The third kappa shape index (κ3) is 2.62. The van der Waals surface area contributed by atoms with Gasteiger partial charge in [0.15, 0.2) is 5.78 Å². The first kappa shape index (κ1) is 14.4. The average molecular weight is 294 g/mol. The van der Waals surface area contributed by atoms with Gasteiger partial charge in [0.1, 0.15) is 17.3 Å². The summed E-state index contributed by atoms with van der Waals surface area (Å²) >= 11 is 0. The number of rotatable bonds is 3. The van der Waals surface area contributed by atoms with Gasteiger partial charge in [0, 0.05) is 11.5 Å². The predicted octanol–water partition coefficient (Wildman–Crippen LogP) is 4.56.